The number of halogens is 4. The lowest BCUT2D eigenvalue weighted by Gasteiger charge is -2.30. The number of nitrogens with one attached hydrogen (secondary N) is 1. The van der Waals surface area contributed by atoms with Crippen LogP contribution >= 0.6 is 11.6 Å². The van der Waals surface area contributed by atoms with Crippen LogP contribution in [0.3, 0.4) is 0 Å². The fourth-order valence-electron chi connectivity index (χ4n) is 2.94. The number of methoxy groups -OCH3 is 1. The van der Waals surface area contributed by atoms with Gasteiger partial charge in [-0.3, -0.25) is 4.79 Å². The minimum atomic E-state index is -5.19. The first kappa shape index (κ1) is 33.2. The maximum absolute atomic E-state index is 12.3. The number of carboxylic acid groups (broad SMARTS) is 1. The van der Waals surface area contributed by atoms with Crippen LogP contribution in [0.4, 0.5) is 24.8 Å². The van der Waals surface area contributed by atoms with Crippen LogP contribution in [0, 0.1) is 0 Å². The number of nitrogen functional groups attached to an aromatic ring is 2. The zero-order valence-electron chi connectivity index (χ0n) is 21.5. The number of rotatable bonds is 11. The average Bonchev–Trinajstić information content (AvgIpc) is 2.85. The summed E-state index contributed by atoms with van der Waals surface area (Å²) in [6.07, 6.45) is -3.32. The highest BCUT2D eigenvalue weighted by Crippen LogP contribution is 2.17. The molecule has 0 atom stereocenters. The quantitative estimate of drug-likeness (QED) is 0.252. The number of carbonyl (C=O) groups is 3. The van der Waals surface area contributed by atoms with Crippen molar-refractivity contribution in [3.8, 4) is 5.75 Å². The number of nitrogens with zero attached hydrogens (tertiary/aromatic N) is 3. The van der Waals surface area contributed by atoms with Gasteiger partial charge in [-0.2, -0.15) is 13.2 Å². The molecule has 1 aromatic heterocycles. The van der Waals surface area contributed by atoms with Crippen LogP contribution in [0.1, 0.15) is 22.5 Å². The summed E-state index contributed by atoms with van der Waals surface area (Å²) in [6, 6.07) is 7.64. The number of ether oxygens (including phenoxy) is 2. The van der Waals surface area contributed by atoms with Gasteiger partial charge >= 0.3 is 12.1 Å². The van der Waals surface area contributed by atoms with Crippen LogP contribution in [0.2, 0.25) is 5.15 Å². The Labute approximate surface area is 227 Å². The zero-order chi connectivity index (χ0) is 29.8. The molecule has 0 aliphatic heterocycles. The van der Waals surface area contributed by atoms with Gasteiger partial charge in [-0.15, -0.1) is 0 Å². The van der Waals surface area contributed by atoms with Crippen LogP contribution in [-0.2, 0) is 20.7 Å². The summed E-state index contributed by atoms with van der Waals surface area (Å²) in [5.74, 6) is -3.31. The predicted molar refractivity (Wildman–Crippen MR) is 133 cm³/mol. The smallest absolute Gasteiger partial charge is 0.430 e. The van der Waals surface area contributed by atoms with Gasteiger partial charge in [0.05, 0.1) is 40.8 Å². The first-order valence-electron chi connectivity index (χ1n) is 11.3. The van der Waals surface area contributed by atoms with Crippen molar-refractivity contribution in [2.24, 2.45) is 0 Å². The second kappa shape index (κ2) is 14.9. The fourth-order valence-corrected chi connectivity index (χ4v) is 3.07. The standard InChI is InChI=1S/C21H29ClN6O4.C2HF3O2/c1-28(2,12-10-25-21(30)17-19(23)27-20(24)18(22)26-17)11-4-5-14-6-8-15(9-7-14)32-13-16(29)31-3;3-2(4,5)1(6)7/h6-9H,4-5,10-13H2,1-3H3,(H4-,23,24,25,27,30);(H,6,7). The molecule has 2 aromatic rings. The molecule has 0 saturated carbocycles. The molecule has 1 heterocycles. The van der Waals surface area contributed by atoms with Crippen molar-refractivity contribution in [1.82, 2.24) is 15.3 Å². The Kier molecular flexibility index (Phi) is 12.7. The molecule has 216 valence electrons. The second-order valence-corrected chi connectivity index (χ2v) is 9.03. The zero-order valence-corrected chi connectivity index (χ0v) is 22.3. The summed E-state index contributed by atoms with van der Waals surface area (Å²) in [5, 5.41) is 11.5. The van der Waals surface area contributed by atoms with E-state index in [9.17, 15) is 22.8 Å². The predicted octanol–water partition coefficient (Wildman–Crippen LogP) is 0.584. The highest BCUT2D eigenvalue weighted by Gasteiger charge is 2.28. The second-order valence-electron chi connectivity index (χ2n) is 8.67. The lowest BCUT2D eigenvalue weighted by atomic mass is 10.1. The molecule has 0 bridgehead atoms. The van der Waals surface area contributed by atoms with E-state index in [1.54, 1.807) is 0 Å². The number of benzene rings is 1. The van der Waals surface area contributed by atoms with Crippen molar-refractivity contribution in [1.29, 1.82) is 0 Å². The third-order valence-corrected chi connectivity index (χ3v) is 5.37. The van der Waals surface area contributed by atoms with Crippen molar-refractivity contribution in [2.75, 3.05) is 58.9 Å². The molecule has 0 aliphatic rings. The van der Waals surface area contributed by atoms with Crippen molar-refractivity contribution in [3.63, 3.8) is 0 Å². The van der Waals surface area contributed by atoms with Gasteiger partial charge in [-0.1, -0.05) is 23.7 Å². The van der Waals surface area contributed by atoms with Gasteiger partial charge in [0.25, 0.3) is 5.91 Å². The maximum Gasteiger partial charge on any atom is 0.430 e. The normalized spacial score (nSPS) is 11.2. The van der Waals surface area contributed by atoms with Gasteiger partial charge in [0, 0.05) is 6.42 Å². The van der Waals surface area contributed by atoms with Crippen LogP contribution in [0.5, 0.6) is 5.75 Å². The SMILES string of the molecule is COC(=O)COc1ccc(CCC[N+](C)(C)CCNC(=O)c2nc(Cl)c(N)nc2N)cc1.O=C([O-])C(F)(F)F. The van der Waals surface area contributed by atoms with Crippen LogP contribution in [-0.4, -0.2) is 85.9 Å². The van der Waals surface area contributed by atoms with Crippen LogP contribution < -0.4 is 26.6 Å². The first-order chi connectivity index (χ1) is 18.1. The van der Waals surface area contributed by atoms with E-state index in [0.29, 0.717) is 12.3 Å². The van der Waals surface area contributed by atoms with E-state index in [2.05, 4.69) is 34.1 Å². The van der Waals surface area contributed by atoms with Crippen LogP contribution in [0.15, 0.2) is 24.3 Å². The van der Waals surface area contributed by atoms with Crippen molar-refractivity contribution < 1.29 is 46.6 Å². The number of carbonyl (C=O) groups excluding carboxylic acids is 3. The Bertz CT molecular complexity index is 1130. The lowest BCUT2D eigenvalue weighted by Crippen LogP contribution is -2.46. The molecular formula is C23H30ClF3N6O6. The lowest BCUT2D eigenvalue weighted by molar-refractivity contribution is -0.889. The van der Waals surface area contributed by atoms with Gasteiger partial charge in [0.2, 0.25) is 0 Å². The van der Waals surface area contributed by atoms with Gasteiger partial charge in [-0.05, 0) is 24.1 Å². The summed E-state index contributed by atoms with van der Waals surface area (Å²) in [6.45, 7) is 1.98. The van der Waals surface area contributed by atoms with Crippen molar-refractivity contribution in [3.05, 3.63) is 40.7 Å². The number of hydrogen-bond donors (Lipinski definition) is 3. The molecule has 0 aliphatic carbocycles. The summed E-state index contributed by atoms with van der Waals surface area (Å²) in [4.78, 5) is 39.9. The maximum atomic E-state index is 12.3. The molecule has 0 unspecified atom stereocenters. The Morgan fingerprint density at radius 3 is 2.21 bits per heavy atom. The molecule has 16 heteroatoms. The Balaban J connectivity index is 0.000000956. The van der Waals surface area contributed by atoms with E-state index < -0.39 is 24.0 Å². The molecule has 39 heavy (non-hydrogen) atoms. The van der Waals surface area contributed by atoms with Gasteiger partial charge in [-0.25, -0.2) is 14.8 Å². The van der Waals surface area contributed by atoms with E-state index in [4.69, 9.17) is 37.7 Å². The third kappa shape index (κ3) is 12.5. The molecular weight excluding hydrogens is 549 g/mol. The molecule has 0 saturated heterocycles. The fraction of sp³-hybridized carbons (Fsp3) is 0.435. The monoisotopic (exact) mass is 578 g/mol. The molecule has 0 radical (unpaired) electrons. The van der Waals surface area contributed by atoms with E-state index in [-0.39, 0.29) is 29.1 Å². The molecule has 2 rings (SSSR count). The van der Waals surface area contributed by atoms with E-state index >= 15 is 0 Å². The molecule has 5 N–H and O–H groups in total. The number of aliphatic carboxylic acids is 1. The number of alkyl halides is 3. The number of hydrogen-bond acceptors (Lipinski definition) is 10. The van der Waals surface area contributed by atoms with Crippen molar-refractivity contribution >= 4 is 41.1 Å². The van der Waals surface area contributed by atoms with Crippen LogP contribution in [0.25, 0.3) is 0 Å². The highest BCUT2D eigenvalue weighted by molar-refractivity contribution is 6.31. The molecule has 0 spiro atoms. The Morgan fingerprint density at radius 1 is 1.08 bits per heavy atom. The van der Waals surface area contributed by atoms with Gasteiger partial charge < -0.3 is 40.6 Å². The van der Waals surface area contributed by atoms with Gasteiger partial charge in [0.1, 0.15) is 11.7 Å². The first-order valence-corrected chi connectivity index (χ1v) is 11.7. The van der Waals surface area contributed by atoms with E-state index in [0.717, 1.165) is 30.4 Å². The van der Waals surface area contributed by atoms with E-state index in [1.807, 2.05) is 24.3 Å². The Morgan fingerprint density at radius 2 is 1.67 bits per heavy atom. The minimum Gasteiger partial charge on any atom is -0.542 e. The third-order valence-electron chi connectivity index (χ3n) is 5.09. The molecule has 0 fully saturated rings. The molecule has 1 amide bonds. The number of anilines is 2. The summed E-state index contributed by atoms with van der Waals surface area (Å²) < 4.78 is 42.2. The molecule has 1 aromatic carbocycles. The number of nitrogens with two attached hydrogens (primary N) is 2. The summed E-state index contributed by atoms with van der Waals surface area (Å²) in [5.41, 5.74) is 12.4. The highest BCUT2D eigenvalue weighted by atomic mass is 35.5. The summed E-state index contributed by atoms with van der Waals surface area (Å²) >= 11 is 5.82. The summed E-state index contributed by atoms with van der Waals surface area (Å²) in [7, 11) is 5.53. The van der Waals surface area contributed by atoms with Gasteiger partial charge in [0.15, 0.2) is 29.1 Å². The minimum absolute atomic E-state index is 0.0122. The number of aromatic nitrogens is 2. The topological polar surface area (TPSA) is 183 Å². The number of amides is 1. The number of likely N-dealkylation sites (N-methyl/N-ethyl adjacent to an activating group) is 1. The molecule has 12 nitrogen and oxygen atoms in total. The Hall–Kier alpha value is -3.85. The number of carboxylic acids is 1. The van der Waals surface area contributed by atoms with E-state index in [1.165, 1.54) is 12.7 Å². The van der Waals surface area contributed by atoms with Crippen molar-refractivity contribution in [2.45, 2.75) is 19.0 Å². The number of quaternary nitrogens is 1. The largest absolute Gasteiger partial charge is 0.542 e. The number of esters is 1. The number of aryl methyl sites for hydroxylation is 1. The average molecular weight is 579 g/mol.